The lowest BCUT2D eigenvalue weighted by Crippen LogP contribution is -2.51. The minimum absolute atomic E-state index is 0.166. The van der Waals surface area contributed by atoms with Crippen molar-refractivity contribution in [2.45, 2.75) is 38.6 Å². The molecule has 1 saturated carbocycles. The summed E-state index contributed by atoms with van der Waals surface area (Å²) in [6.07, 6.45) is 5.38. The molecule has 0 radical (unpaired) electrons. The summed E-state index contributed by atoms with van der Waals surface area (Å²) < 4.78 is 3.00. The predicted molar refractivity (Wildman–Crippen MR) is 121 cm³/mol. The van der Waals surface area contributed by atoms with Crippen LogP contribution in [0, 0.1) is 6.92 Å². The maximum atomic E-state index is 13.2. The van der Waals surface area contributed by atoms with Crippen molar-refractivity contribution in [3.8, 4) is 5.69 Å². The summed E-state index contributed by atoms with van der Waals surface area (Å²) in [7, 11) is 0. The van der Waals surface area contributed by atoms with Gasteiger partial charge in [0.05, 0.1) is 16.3 Å². The van der Waals surface area contributed by atoms with Gasteiger partial charge >= 0.3 is 0 Å². The average Bonchev–Trinajstić information content (AvgIpc) is 3.47. The summed E-state index contributed by atoms with van der Waals surface area (Å²) in [5, 5.41) is 5.77. The Morgan fingerprint density at radius 3 is 2.48 bits per heavy atom. The van der Waals surface area contributed by atoms with E-state index in [0.29, 0.717) is 0 Å². The van der Waals surface area contributed by atoms with E-state index >= 15 is 0 Å². The van der Waals surface area contributed by atoms with E-state index in [1.807, 2.05) is 46.8 Å². The molecule has 1 aromatic carbocycles. The van der Waals surface area contributed by atoms with Crippen LogP contribution < -0.4 is 0 Å². The molecular formula is C22H25BrN4OS. The van der Waals surface area contributed by atoms with Gasteiger partial charge in [-0.1, -0.05) is 28.8 Å². The quantitative estimate of drug-likeness (QED) is 0.546. The Labute approximate surface area is 183 Å². The number of aryl methyl sites for hydroxylation is 1. The Morgan fingerprint density at radius 2 is 1.79 bits per heavy atom. The van der Waals surface area contributed by atoms with E-state index in [-0.39, 0.29) is 5.91 Å². The molecule has 1 amide bonds. The van der Waals surface area contributed by atoms with Crippen LogP contribution in [0.25, 0.3) is 15.9 Å². The monoisotopic (exact) mass is 472 g/mol. The van der Waals surface area contributed by atoms with E-state index in [0.717, 1.165) is 63.2 Å². The van der Waals surface area contributed by atoms with Crippen LogP contribution in [-0.4, -0.2) is 57.7 Å². The second-order valence-corrected chi connectivity index (χ2v) is 10.0. The van der Waals surface area contributed by atoms with Gasteiger partial charge in [0.25, 0.3) is 5.91 Å². The highest BCUT2D eigenvalue weighted by atomic mass is 79.9. The number of hydrogen-bond acceptors (Lipinski definition) is 4. The lowest BCUT2D eigenvalue weighted by Gasteiger charge is -2.37. The smallest absolute Gasteiger partial charge is 0.264 e. The van der Waals surface area contributed by atoms with Gasteiger partial charge in [-0.15, -0.1) is 11.3 Å². The molecule has 0 N–H and O–H groups in total. The number of hydrogen-bond donors (Lipinski definition) is 0. The minimum Gasteiger partial charge on any atom is -0.335 e. The zero-order valence-corrected chi connectivity index (χ0v) is 19.0. The summed E-state index contributed by atoms with van der Waals surface area (Å²) in [5.41, 5.74) is 1.97. The summed E-state index contributed by atoms with van der Waals surface area (Å²) in [5.74, 6) is 0.166. The number of halogens is 1. The fourth-order valence-corrected chi connectivity index (χ4v) is 6.04. The standard InChI is InChI=1S/C22H25BrN4OS/c1-15-19-14-20(29-22(19)27(24-15)18-8-6-16(23)7-9-18)21(28)26-12-10-25(11-13-26)17-4-2-3-5-17/h6-9,14,17H,2-5,10-13H2,1H3. The van der Waals surface area contributed by atoms with Crippen LogP contribution in [0.1, 0.15) is 41.0 Å². The molecule has 0 bridgehead atoms. The number of thiophene rings is 1. The van der Waals surface area contributed by atoms with E-state index in [9.17, 15) is 4.79 Å². The molecule has 0 spiro atoms. The van der Waals surface area contributed by atoms with Crippen molar-refractivity contribution in [1.29, 1.82) is 0 Å². The third-order valence-corrected chi connectivity index (χ3v) is 7.90. The molecule has 5 rings (SSSR count). The molecule has 1 aliphatic carbocycles. The van der Waals surface area contributed by atoms with Crippen molar-refractivity contribution in [3.05, 3.63) is 45.4 Å². The van der Waals surface area contributed by atoms with Gasteiger partial charge in [0.1, 0.15) is 4.83 Å². The number of amides is 1. The molecule has 2 fully saturated rings. The van der Waals surface area contributed by atoms with Gasteiger partial charge in [-0.05, 0) is 50.1 Å². The summed E-state index contributed by atoms with van der Waals surface area (Å²) in [4.78, 5) is 19.7. The molecule has 0 atom stereocenters. The number of carbonyl (C=O) groups excluding carboxylic acids is 1. The Hall–Kier alpha value is -1.70. The van der Waals surface area contributed by atoms with Gasteiger partial charge in [0, 0.05) is 42.1 Å². The minimum atomic E-state index is 0.166. The van der Waals surface area contributed by atoms with Crippen LogP contribution in [-0.2, 0) is 0 Å². The maximum absolute atomic E-state index is 13.2. The molecular weight excluding hydrogens is 448 g/mol. The first-order valence-electron chi connectivity index (χ1n) is 10.4. The first-order chi connectivity index (χ1) is 14.1. The molecule has 1 saturated heterocycles. The fourth-order valence-electron chi connectivity index (χ4n) is 4.63. The van der Waals surface area contributed by atoms with Crippen molar-refractivity contribution in [3.63, 3.8) is 0 Å². The van der Waals surface area contributed by atoms with Crippen LogP contribution in [0.4, 0.5) is 0 Å². The topological polar surface area (TPSA) is 41.4 Å². The number of nitrogens with zero attached hydrogens (tertiary/aromatic N) is 4. The number of aromatic nitrogens is 2. The summed E-state index contributed by atoms with van der Waals surface area (Å²) >= 11 is 5.04. The molecule has 3 aromatic rings. The van der Waals surface area contributed by atoms with Crippen molar-refractivity contribution in [2.75, 3.05) is 26.2 Å². The lowest BCUT2D eigenvalue weighted by atomic mass is 10.2. The molecule has 3 heterocycles. The van der Waals surface area contributed by atoms with E-state index in [2.05, 4.69) is 20.8 Å². The number of rotatable bonds is 3. The molecule has 7 heteroatoms. The molecule has 152 valence electrons. The lowest BCUT2D eigenvalue weighted by molar-refractivity contribution is 0.0578. The van der Waals surface area contributed by atoms with E-state index in [1.165, 1.54) is 25.7 Å². The number of carbonyl (C=O) groups is 1. The Balaban J connectivity index is 1.36. The summed E-state index contributed by atoms with van der Waals surface area (Å²) in [6.45, 7) is 5.70. The van der Waals surface area contributed by atoms with Crippen LogP contribution in [0.2, 0.25) is 0 Å². The first-order valence-corrected chi connectivity index (χ1v) is 12.0. The molecule has 0 unspecified atom stereocenters. The van der Waals surface area contributed by atoms with Crippen molar-refractivity contribution in [2.24, 2.45) is 0 Å². The predicted octanol–water partition coefficient (Wildman–Crippen LogP) is 4.86. The summed E-state index contributed by atoms with van der Waals surface area (Å²) in [6, 6.07) is 10.9. The highest BCUT2D eigenvalue weighted by Gasteiger charge is 2.29. The third-order valence-electron chi connectivity index (χ3n) is 6.27. The van der Waals surface area contributed by atoms with Gasteiger partial charge in [0.2, 0.25) is 0 Å². The normalized spacial score (nSPS) is 18.8. The molecule has 2 aliphatic rings. The van der Waals surface area contributed by atoms with E-state index in [4.69, 9.17) is 5.10 Å². The highest BCUT2D eigenvalue weighted by Crippen LogP contribution is 2.32. The zero-order chi connectivity index (χ0) is 20.0. The zero-order valence-electron chi connectivity index (χ0n) is 16.6. The van der Waals surface area contributed by atoms with Crippen LogP contribution >= 0.6 is 27.3 Å². The van der Waals surface area contributed by atoms with Crippen LogP contribution in [0.15, 0.2) is 34.8 Å². The number of piperazine rings is 1. The molecule has 1 aliphatic heterocycles. The molecule has 29 heavy (non-hydrogen) atoms. The highest BCUT2D eigenvalue weighted by molar-refractivity contribution is 9.10. The molecule has 2 aromatic heterocycles. The van der Waals surface area contributed by atoms with Crippen molar-refractivity contribution < 1.29 is 4.79 Å². The van der Waals surface area contributed by atoms with Crippen LogP contribution in [0.3, 0.4) is 0 Å². The SMILES string of the molecule is Cc1nn(-c2ccc(Br)cc2)c2sc(C(=O)N3CCN(C4CCCC4)CC3)cc12. The van der Waals surface area contributed by atoms with Gasteiger partial charge in [-0.2, -0.15) is 5.10 Å². The van der Waals surface area contributed by atoms with Crippen molar-refractivity contribution >= 4 is 43.4 Å². The third kappa shape index (κ3) is 3.64. The first kappa shape index (κ1) is 19.3. The maximum Gasteiger partial charge on any atom is 0.264 e. The van der Waals surface area contributed by atoms with Gasteiger partial charge in [-0.3, -0.25) is 9.69 Å². The average molecular weight is 473 g/mol. The fraction of sp³-hybridized carbons (Fsp3) is 0.455. The van der Waals surface area contributed by atoms with Crippen LogP contribution in [0.5, 0.6) is 0 Å². The Morgan fingerprint density at radius 1 is 1.10 bits per heavy atom. The number of benzene rings is 1. The second kappa shape index (κ2) is 7.85. The largest absolute Gasteiger partial charge is 0.335 e. The molecule has 5 nitrogen and oxygen atoms in total. The van der Waals surface area contributed by atoms with Gasteiger partial charge in [-0.25, -0.2) is 4.68 Å². The second-order valence-electron chi connectivity index (χ2n) is 8.07. The van der Waals surface area contributed by atoms with Gasteiger partial charge < -0.3 is 4.90 Å². The Bertz CT molecular complexity index is 1030. The van der Waals surface area contributed by atoms with E-state index < -0.39 is 0 Å². The number of fused-ring (bicyclic) bond motifs is 1. The van der Waals surface area contributed by atoms with E-state index in [1.54, 1.807) is 11.3 Å². The van der Waals surface area contributed by atoms with Gasteiger partial charge in [0.15, 0.2) is 0 Å². The Kier molecular flexibility index (Phi) is 5.22. The van der Waals surface area contributed by atoms with Crippen molar-refractivity contribution in [1.82, 2.24) is 19.6 Å².